The number of methoxy groups -OCH3 is 2. The minimum Gasteiger partial charge on any atom is -0.383 e. The Morgan fingerprint density at radius 1 is 1.07 bits per heavy atom. The Labute approximate surface area is 93.7 Å². The molecule has 0 unspecified atom stereocenters. The van der Waals surface area contributed by atoms with Gasteiger partial charge in [0.15, 0.2) is 0 Å². The van der Waals surface area contributed by atoms with E-state index in [2.05, 4.69) is 18.7 Å². The van der Waals surface area contributed by atoms with E-state index in [1.165, 1.54) is 0 Å². The summed E-state index contributed by atoms with van der Waals surface area (Å²) in [5.41, 5.74) is 5.88. The lowest BCUT2D eigenvalue weighted by molar-refractivity contribution is 0.0905. The highest BCUT2D eigenvalue weighted by Crippen LogP contribution is 2.14. The Balaban J connectivity index is 3.98. The fraction of sp³-hybridized carbons (Fsp3) is 1.00. The van der Waals surface area contributed by atoms with E-state index in [0.717, 1.165) is 32.8 Å². The summed E-state index contributed by atoms with van der Waals surface area (Å²) < 4.78 is 10.2. The van der Waals surface area contributed by atoms with Crippen LogP contribution in [0.5, 0.6) is 0 Å². The average Bonchev–Trinajstić information content (AvgIpc) is 2.22. The highest BCUT2D eigenvalue weighted by atomic mass is 16.5. The molecule has 0 fully saturated rings. The van der Waals surface area contributed by atoms with E-state index in [4.69, 9.17) is 15.2 Å². The first-order valence-electron chi connectivity index (χ1n) is 5.46. The number of nitrogens with zero attached hydrogens (tertiary/aromatic N) is 1. The quantitative estimate of drug-likeness (QED) is 0.614. The molecule has 0 rings (SSSR count). The zero-order valence-electron chi connectivity index (χ0n) is 10.6. The highest BCUT2D eigenvalue weighted by molar-refractivity contribution is 4.74. The minimum atomic E-state index is 0.154. The molecule has 0 saturated carbocycles. The molecular formula is C11H26N2O2. The topological polar surface area (TPSA) is 47.7 Å². The Hall–Kier alpha value is -0.160. The van der Waals surface area contributed by atoms with Crippen LogP contribution in [0.3, 0.4) is 0 Å². The van der Waals surface area contributed by atoms with E-state index in [1.54, 1.807) is 14.2 Å². The number of hydrogen-bond acceptors (Lipinski definition) is 4. The fourth-order valence-corrected chi connectivity index (χ4v) is 1.38. The summed E-state index contributed by atoms with van der Waals surface area (Å²) in [6, 6.07) is 0. The molecule has 0 spiro atoms. The molecule has 0 bridgehead atoms. The second-order valence-corrected chi connectivity index (χ2v) is 4.63. The Bertz CT molecular complexity index is 144. The summed E-state index contributed by atoms with van der Waals surface area (Å²) in [5.74, 6) is 0. The van der Waals surface area contributed by atoms with Crippen LogP contribution in [0, 0.1) is 5.41 Å². The van der Waals surface area contributed by atoms with Gasteiger partial charge in [-0.2, -0.15) is 0 Å². The second kappa shape index (κ2) is 8.05. The Morgan fingerprint density at radius 2 is 1.53 bits per heavy atom. The predicted octanol–water partition coefficient (Wildman–Crippen LogP) is 0.566. The van der Waals surface area contributed by atoms with Gasteiger partial charge in [0.2, 0.25) is 0 Å². The molecule has 0 atom stereocenters. The number of rotatable bonds is 9. The summed E-state index contributed by atoms with van der Waals surface area (Å²) in [7, 11) is 3.45. The van der Waals surface area contributed by atoms with Crippen molar-refractivity contribution in [1.82, 2.24) is 4.90 Å². The Morgan fingerprint density at radius 3 is 1.87 bits per heavy atom. The van der Waals surface area contributed by atoms with E-state index >= 15 is 0 Å². The van der Waals surface area contributed by atoms with Crippen molar-refractivity contribution < 1.29 is 9.47 Å². The summed E-state index contributed by atoms with van der Waals surface area (Å²) in [4.78, 5) is 2.33. The minimum absolute atomic E-state index is 0.154. The van der Waals surface area contributed by atoms with Gasteiger partial charge in [-0.15, -0.1) is 0 Å². The first kappa shape index (κ1) is 14.8. The van der Waals surface area contributed by atoms with Gasteiger partial charge in [-0.1, -0.05) is 13.8 Å². The molecule has 2 N–H and O–H groups in total. The summed E-state index contributed by atoms with van der Waals surface area (Å²) >= 11 is 0. The molecule has 0 aromatic rings. The molecule has 0 heterocycles. The molecule has 0 radical (unpaired) electrons. The maximum absolute atomic E-state index is 5.72. The van der Waals surface area contributed by atoms with Crippen LogP contribution >= 0.6 is 0 Å². The summed E-state index contributed by atoms with van der Waals surface area (Å²) in [6.07, 6.45) is 0. The molecule has 15 heavy (non-hydrogen) atoms. The normalized spacial score (nSPS) is 12.4. The lowest BCUT2D eigenvalue weighted by atomic mass is 9.93. The van der Waals surface area contributed by atoms with Gasteiger partial charge in [0.25, 0.3) is 0 Å². The van der Waals surface area contributed by atoms with Crippen molar-refractivity contribution in [2.24, 2.45) is 11.1 Å². The van der Waals surface area contributed by atoms with E-state index in [-0.39, 0.29) is 5.41 Å². The third-order valence-corrected chi connectivity index (χ3v) is 2.43. The van der Waals surface area contributed by atoms with Gasteiger partial charge in [0, 0.05) is 33.9 Å². The van der Waals surface area contributed by atoms with Gasteiger partial charge in [-0.05, 0) is 12.0 Å². The molecule has 92 valence electrons. The third-order valence-electron chi connectivity index (χ3n) is 2.43. The third kappa shape index (κ3) is 7.73. The smallest absolute Gasteiger partial charge is 0.0589 e. The van der Waals surface area contributed by atoms with Gasteiger partial charge in [-0.3, -0.25) is 4.90 Å². The van der Waals surface area contributed by atoms with Gasteiger partial charge in [0.05, 0.1) is 13.2 Å². The van der Waals surface area contributed by atoms with E-state index in [1.807, 2.05) is 0 Å². The van der Waals surface area contributed by atoms with Crippen LogP contribution < -0.4 is 5.73 Å². The van der Waals surface area contributed by atoms with Gasteiger partial charge < -0.3 is 15.2 Å². The van der Waals surface area contributed by atoms with Crippen LogP contribution in [0.25, 0.3) is 0 Å². The van der Waals surface area contributed by atoms with Crippen molar-refractivity contribution in [2.45, 2.75) is 13.8 Å². The van der Waals surface area contributed by atoms with Crippen LogP contribution in [0.2, 0.25) is 0 Å². The maximum atomic E-state index is 5.72. The van der Waals surface area contributed by atoms with Crippen LogP contribution in [0.15, 0.2) is 0 Å². The van der Waals surface area contributed by atoms with Crippen molar-refractivity contribution in [3.8, 4) is 0 Å². The lowest BCUT2D eigenvalue weighted by Gasteiger charge is -2.31. The van der Waals surface area contributed by atoms with Crippen molar-refractivity contribution >= 4 is 0 Å². The zero-order chi connectivity index (χ0) is 11.7. The second-order valence-electron chi connectivity index (χ2n) is 4.63. The highest BCUT2D eigenvalue weighted by Gasteiger charge is 2.19. The van der Waals surface area contributed by atoms with Crippen LogP contribution in [-0.2, 0) is 9.47 Å². The van der Waals surface area contributed by atoms with Crippen LogP contribution in [-0.4, -0.2) is 58.5 Å². The van der Waals surface area contributed by atoms with Gasteiger partial charge in [0.1, 0.15) is 0 Å². The van der Waals surface area contributed by atoms with Crippen LogP contribution in [0.1, 0.15) is 13.8 Å². The Kier molecular flexibility index (Phi) is 7.96. The number of ether oxygens (including phenoxy) is 2. The van der Waals surface area contributed by atoms with Crippen molar-refractivity contribution in [3.63, 3.8) is 0 Å². The summed E-state index contributed by atoms with van der Waals surface area (Å²) in [6.45, 7) is 9.42. The summed E-state index contributed by atoms with van der Waals surface area (Å²) in [5, 5.41) is 0. The monoisotopic (exact) mass is 218 g/mol. The standard InChI is InChI=1S/C11H26N2O2/c1-11(2,9-12)10-13(5-7-14-3)6-8-15-4/h5-10,12H2,1-4H3. The molecule has 0 aliphatic carbocycles. The van der Waals surface area contributed by atoms with Gasteiger partial charge in [-0.25, -0.2) is 0 Å². The molecular weight excluding hydrogens is 192 g/mol. The number of nitrogens with two attached hydrogens (primary N) is 1. The maximum Gasteiger partial charge on any atom is 0.0589 e. The van der Waals surface area contributed by atoms with E-state index in [9.17, 15) is 0 Å². The first-order valence-corrected chi connectivity index (χ1v) is 5.46. The van der Waals surface area contributed by atoms with Crippen molar-refractivity contribution in [1.29, 1.82) is 0 Å². The average molecular weight is 218 g/mol. The largest absolute Gasteiger partial charge is 0.383 e. The molecule has 0 saturated heterocycles. The molecule has 0 amide bonds. The SMILES string of the molecule is COCCN(CCOC)CC(C)(C)CN. The molecule has 0 aromatic carbocycles. The van der Waals surface area contributed by atoms with E-state index in [0.29, 0.717) is 6.54 Å². The predicted molar refractivity (Wildman–Crippen MR) is 63.0 cm³/mol. The van der Waals surface area contributed by atoms with Crippen molar-refractivity contribution in [3.05, 3.63) is 0 Å². The number of hydrogen-bond donors (Lipinski definition) is 1. The van der Waals surface area contributed by atoms with Crippen molar-refractivity contribution in [2.75, 3.05) is 53.6 Å². The molecule has 4 nitrogen and oxygen atoms in total. The first-order chi connectivity index (χ1) is 7.05. The fourth-order valence-electron chi connectivity index (χ4n) is 1.38. The van der Waals surface area contributed by atoms with Crippen LogP contribution in [0.4, 0.5) is 0 Å². The molecule has 0 aliphatic rings. The molecule has 4 heteroatoms. The zero-order valence-corrected chi connectivity index (χ0v) is 10.6. The van der Waals surface area contributed by atoms with E-state index < -0.39 is 0 Å². The van der Waals surface area contributed by atoms with Gasteiger partial charge >= 0.3 is 0 Å². The lowest BCUT2D eigenvalue weighted by Crippen LogP contribution is -2.41. The molecule has 0 aromatic heterocycles. The molecule has 0 aliphatic heterocycles.